The van der Waals surface area contributed by atoms with Gasteiger partial charge in [-0.1, -0.05) is 17.3 Å². The lowest BCUT2D eigenvalue weighted by Crippen LogP contribution is -2.19. The maximum Gasteiger partial charge on any atom is 0.170 e. The lowest BCUT2D eigenvalue weighted by atomic mass is 10.1. The van der Waals surface area contributed by atoms with Crippen LogP contribution in [-0.4, -0.2) is 25.4 Å². The largest absolute Gasteiger partial charge is 0.383 e. The fraction of sp³-hybridized carbons (Fsp3) is 0.357. The Kier molecular flexibility index (Phi) is 4.65. The molecule has 0 aliphatic heterocycles. The summed E-state index contributed by atoms with van der Waals surface area (Å²) >= 11 is 0. The van der Waals surface area contributed by atoms with Crippen LogP contribution in [0.3, 0.4) is 0 Å². The molecule has 0 fully saturated rings. The van der Waals surface area contributed by atoms with Gasteiger partial charge in [-0.25, -0.2) is 4.39 Å². The molecule has 0 unspecified atom stereocenters. The first-order valence-electron chi connectivity index (χ1n) is 6.13. The van der Waals surface area contributed by atoms with Crippen LogP contribution < -0.4 is 5.32 Å². The lowest BCUT2D eigenvalue weighted by molar-refractivity contribution is 0.199. The van der Waals surface area contributed by atoms with Crippen molar-refractivity contribution in [3.8, 4) is 11.3 Å². The molecule has 2 aromatic rings. The molecule has 0 bridgehead atoms. The van der Waals surface area contributed by atoms with Crippen LogP contribution in [0.15, 0.2) is 28.8 Å². The fourth-order valence-corrected chi connectivity index (χ4v) is 1.81. The Morgan fingerprint density at radius 2 is 2.26 bits per heavy atom. The van der Waals surface area contributed by atoms with Gasteiger partial charge in [0.25, 0.3) is 0 Å². The third-order valence-electron chi connectivity index (χ3n) is 2.88. The summed E-state index contributed by atoms with van der Waals surface area (Å²) in [5, 5.41) is 7.22. The smallest absolute Gasteiger partial charge is 0.170 e. The molecule has 0 saturated carbocycles. The van der Waals surface area contributed by atoms with E-state index < -0.39 is 0 Å². The standard InChI is InChI=1S/C14H17FN2O2/c1-10-13(9-16-6-7-18-2)17-19-14(10)11-4-3-5-12(15)8-11/h3-5,8,16H,6-7,9H2,1-2H3. The fourth-order valence-electron chi connectivity index (χ4n) is 1.81. The first-order chi connectivity index (χ1) is 9.22. The summed E-state index contributed by atoms with van der Waals surface area (Å²) in [7, 11) is 1.66. The molecule has 1 N–H and O–H groups in total. The van der Waals surface area contributed by atoms with Gasteiger partial charge in [0, 0.05) is 31.3 Å². The highest BCUT2D eigenvalue weighted by Gasteiger charge is 2.13. The molecule has 4 nitrogen and oxygen atoms in total. The summed E-state index contributed by atoms with van der Waals surface area (Å²) in [4.78, 5) is 0. The molecule has 0 amide bonds. The monoisotopic (exact) mass is 264 g/mol. The van der Waals surface area contributed by atoms with Gasteiger partial charge in [0.1, 0.15) is 11.5 Å². The van der Waals surface area contributed by atoms with Crippen molar-refractivity contribution in [1.29, 1.82) is 0 Å². The summed E-state index contributed by atoms with van der Waals surface area (Å²) in [6, 6.07) is 6.31. The van der Waals surface area contributed by atoms with E-state index in [4.69, 9.17) is 9.26 Å². The first kappa shape index (κ1) is 13.7. The van der Waals surface area contributed by atoms with Crippen molar-refractivity contribution in [2.45, 2.75) is 13.5 Å². The predicted octanol–water partition coefficient (Wildman–Crippen LogP) is 2.53. The Balaban J connectivity index is 2.10. The highest BCUT2D eigenvalue weighted by atomic mass is 19.1. The van der Waals surface area contributed by atoms with Crippen LogP contribution in [0.25, 0.3) is 11.3 Å². The van der Waals surface area contributed by atoms with Gasteiger partial charge in [0.2, 0.25) is 0 Å². The van der Waals surface area contributed by atoms with Gasteiger partial charge in [0.05, 0.1) is 6.61 Å². The summed E-state index contributed by atoms with van der Waals surface area (Å²) in [5.41, 5.74) is 2.46. The number of nitrogens with one attached hydrogen (secondary N) is 1. The molecule has 1 aromatic carbocycles. The zero-order valence-electron chi connectivity index (χ0n) is 11.1. The average Bonchev–Trinajstić information content (AvgIpc) is 2.76. The van der Waals surface area contributed by atoms with E-state index >= 15 is 0 Å². The Bertz CT molecular complexity index is 540. The van der Waals surface area contributed by atoms with Crippen LogP contribution in [0.4, 0.5) is 4.39 Å². The van der Waals surface area contributed by atoms with Gasteiger partial charge in [-0.3, -0.25) is 0 Å². The van der Waals surface area contributed by atoms with Gasteiger partial charge in [0.15, 0.2) is 5.76 Å². The second kappa shape index (κ2) is 6.45. The van der Waals surface area contributed by atoms with Gasteiger partial charge in [-0.2, -0.15) is 0 Å². The van der Waals surface area contributed by atoms with Crippen LogP contribution in [-0.2, 0) is 11.3 Å². The molecule has 19 heavy (non-hydrogen) atoms. The predicted molar refractivity (Wildman–Crippen MR) is 70.2 cm³/mol. The second-order valence-corrected chi connectivity index (χ2v) is 4.26. The topological polar surface area (TPSA) is 47.3 Å². The molecule has 0 spiro atoms. The molecule has 0 aliphatic rings. The maximum atomic E-state index is 13.2. The number of aromatic nitrogens is 1. The summed E-state index contributed by atoms with van der Waals surface area (Å²) in [6.07, 6.45) is 0. The number of hydrogen-bond donors (Lipinski definition) is 1. The Hall–Kier alpha value is -1.72. The molecule has 1 aromatic heterocycles. The SMILES string of the molecule is COCCNCc1noc(-c2cccc(F)c2)c1C. The van der Waals surface area contributed by atoms with Gasteiger partial charge >= 0.3 is 0 Å². The van der Waals surface area contributed by atoms with E-state index in [1.807, 2.05) is 6.92 Å². The molecule has 0 radical (unpaired) electrons. The molecule has 5 heteroatoms. The number of hydrogen-bond acceptors (Lipinski definition) is 4. The van der Waals surface area contributed by atoms with E-state index in [2.05, 4.69) is 10.5 Å². The number of rotatable bonds is 6. The molecule has 102 valence electrons. The summed E-state index contributed by atoms with van der Waals surface area (Å²) in [5.74, 6) is 0.330. The van der Waals surface area contributed by atoms with Crippen molar-refractivity contribution >= 4 is 0 Å². The van der Waals surface area contributed by atoms with Crippen molar-refractivity contribution in [1.82, 2.24) is 10.5 Å². The third-order valence-corrected chi connectivity index (χ3v) is 2.88. The van der Waals surface area contributed by atoms with E-state index in [0.717, 1.165) is 17.8 Å². The summed E-state index contributed by atoms with van der Waals surface area (Å²) in [6.45, 7) is 3.92. The van der Waals surface area contributed by atoms with Gasteiger partial charge in [-0.05, 0) is 19.1 Å². The van der Waals surface area contributed by atoms with E-state index in [9.17, 15) is 4.39 Å². The Morgan fingerprint density at radius 1 is 1.42 bits per heavy atom. The summed E-state index contributed by atoms with van der Waals surface area (Å²) < 4.78 is 23.4. The number of nitrogens with zero attached hydrogens (tertiary/aromatic N) is 1. The van der Waals surface area contributed by atoms with Gasteiger partial charge < -0.3 is 14.6 Å². The third kappa shape index (κ3) is 3.39. The highest BCUT2D eigenvalue weighted by molar-refractivity contribution is 5.61. The molecule has 0 saturated heterocycles. The van der Waals surface area contributed by atoms with Crippen LogP contribution in [0, 0.1) is 12.7 Å². The highest BCUT2D eigenvalue weighted by Crippen LogP contribution is 2.26. The first-order valence-corrected chi connectivity index (χ1v) is 6.13. The number of methoxy groups -OCH3 is 1. The van der Waals surface area contributed by atoms with Crippen LogP contribution in [0.2, 0.25) is 0 Å². The van der Waals surface area contributed by atoms with Crippen molar-refractivity contribution < 1.29 is 13.7 Å². The second-order valence-electron chi connectivity index (χ2n) is 4.26. The van der Waals surface area contributed by atoms with Crippen molar-refractivity contribution in [2.75, 3.05) is 20.3 Å². The van der Waals surface area contributed by atoms with Crippen molar-refractivity contribution in [2.24, 2.45) is 0 Å². The minimum atomic E-state index is -0.284. The molecular formula is C14H17FN2O2. The Labute approximate surface area is 111 Å². The zero-order valence-corrected chi connectivity index (χ0v) is 11.1. The molecule has 0 aliphatic carbocycles. The minimum absolute atomic E-state index is 0.284. The molecule has 2 rings (SSSR count). The number of ether oxygens (including phenoxy) is 1. The van der Waals surface area contributed by atoms with Crippen LogP contribution in [0.1, 0.15) is 11.3 Å². The number of halogens is 1. The maximum absolute atomic E-state index is 13.2. The minimum Gasteiger partial charge on any atom is -0.383 e. The zero-order chi connectivity index (χ0) is 13.7. The van der Waals surface area contributed by atoms with E-state index in [1.54, 1.807) is 19.2 Å². The van der Waals surface area contributed by atoms with Crippen molar-refractivity contribution in [3.63, 3.8) is 0 Å². The Morgan fingerprint density at radius 3 is 3.00 bits per heavy atom. The van der Waals surface area contributed by atoms with Gasteiger partial charge in [-0.15, -0.1) is 0 Å². The van der Waals surface area contributed by atoms with E-state index in [1.165, 1.54) is 12.1 Å². The number of benzene rings is 1. The normalized spacial score (nSPS) is 10.9. The molecular weight excluding hydrogens is 247 g/mol. The van der Waals surface area contributed by atoms with E-state index in [0.29, 0.717) is 24.5 Å². The van der Waals surface area contributed by atoms with Crippen LogP contribution in [0.5, 0.6) is 0 Å². The molecule has 1 heterocycles. The molecule has 0 atom stereocenters. The lowest BCUT2D eigenvalue weighted by Gasteiger charge is -2.02. The van der Waals surface area contributed by atoms with Crippen molar-refractivity contribution in [3.05, 3.63) is 41.3 Å². The van der Waals surface area contributed by atoms with Crippen LogP contribution >= 0.6 is 0 Å². The quantitative estimate of drug-likeness (QED) is 0.814. The van der Waals surface area contributed by atoms with E-state index in [-0.39, 0.29) is 5.82 Å². The average molecular weight is 264 g/mol.